The highest BCUT2D eigenvalue weighted by Crippen LogP contribution is 2.41. The van der Waals surface area contributed by atoms with E-state index in [9.17, 15) is 13.2 Å². The average Bonchev–Trinajstić information content (AvgIpc) is 2.75. The van der Waals surface area contributed by atoms with Gasteiger partial charge < -0.3 is 9.53 Å². The summed E-state index contributed by atoms with van der Waals surface area (Å²) in [5.74, 6) is 0.535. The number of rotatable bonds is 4. The second kappa shape index (κ2) is 6.61. The van der Waals surface area contributed by atoms with Crippen molar-refractivity contribution in [3.8, 4) is 5.75 Å². The number of ether oxygens (including phenoxy) is 1. The van der Waals surface area contributed by atoms with Crippen LogP contribution in [0.25, 0.3) is 0 Å². The number of carbonyl (C=O) groups excluding carboxylic acids is 1. The van der Waals surface area contributed by atoms with Crippen LogP contribution in [0.2, 0.25) is 0 Å². The predicted molar refractivity (Wildman–Crippen MR) is 91.8 cm³/mol. The van der Waals surface area contributed by atoms with Crippen LogP contribution in [0.4, 0.5) is 0 Å². The Bertz CT molecular complexity index is 869. The first-order valence-corrected chi connectivity index (χ1v) is 9.22. The molecule has 0 radical (unpaired) electrons. The van der Waals surface area contributed by atoms with Gasteiger partial charge >= 0.3 is 0 Å². The SMILES string of the molecule is C=C1COc2ccc(CC=O)cc2C(S(=O)(=O)c2ccccc2)C1. The smallest absolute Gasteiger partial charge is 0.185 e. The number of carbonyl (C=O) groups is 1. The van der Waals surface area contributed by atoms with Crippen molar-refractivity contribution in [2.45, 2.75) is 23.0 Å². The lowest BCUT2D eigenvalue weighted by molar-refractivity contribution is -0.107. The lowest BCUT2D eigenvalue weighted by atomic mass is 10.0. The highest BCUT2D eigenvalue weighted by molar-refractivity contribution is 7.91. The molecule has 0 N–H and O–H groups in total. The molecule has 2 aromatic carbocycles. The molecule has 1 aliphatic rings. The Balaban J connectivity index is 2.14. The molecule has 1 atom stereocenters. The molecular formula is C19H18O4S. The largest absolute Gasteiger partial charge is 0.489 e. The maximum Gasteiger partial charge on any atom is 0.185 e. The Kier molecular flexibility index (Phi) is 4.53. The van der Waals surface area contributed by atoms with Gasteiger partial charge in [-0.25, -0.2) is 8.42 Å². The fourth-order valence-corrected chi connectivity index (χ4v) is 4.71. The van der Waals surface area contributed by atoms with Crippen molar-refractivity contribution >= 4 is 16.1 Å². The minimum atomic E-state index is -3.59. The molecule has 1 heterocycles. The van der Waals surface area contributed by atoms with Gasteiger partial charge in [-0.15, -0.1) is 0 Å². The van der Waals surface area contributed by atoms with Crippen molar-refractivity contribution in [1.29, 1.82) is 0 Å². The van der Waals surface area contributed by atoms with Gasteiger partial charge in [0.25, 0.3) is 0 Å². The highest BCUT2D eigenvalue weighted by Gasteiger charge is 2.33. The molecule has 4 nitrogen and oxygen atoms in total. The average molecular weight is 342 g/mol. The molecule has 0 spiro atoms. The van der Waals surface area contributed by atoms with E-state index in [0.717, 1.165) is 17.4 Å². The molecule has 0 fully saturated rings. The summed E-state index contributed by atoms with van der Waals surface area (Å²) in [4.78, 5) is 11.1. The minimum Gasteiger partial charge on any atom is -0.489 e. The number of aldehydes is 1. The zero-order valence-electron chi connectivity index (χ0n) is 13.1. The van der Waals surface area contributed by atoms with Crippen LogP contribution in [-0.4, -0.2) is 21.3 Å². The van der Waals surface area contributed by atoms with Gasteiger partial charge in [0.05, 0.1) is 10.1 Å². The Labute approximate surface area is 141 Å². The van der Waals surface area contributed by atoms with E-state index in [1.807, 2.05) is 0 Å². The summed E-state index contributed by atoms with van der Waals surface area (Å²) in [6.07, 6.45) is 1.35. The first kappa shape index (κ1) is 16.5. The first-order chi connectivity index (χ1) is 11.5. The van der Waals surface area contributed by atoms with E-state index in [0.29, 0.717) is 24.3 Å². The Hall–Kier alpha value is -2.40. The molecule has 0 saturated carbocycles. The fourth-order valence-electron chi connectivity index (χ4n) is 2.87. The lowest BCUT2D eigenvalue weighted by Crippen LogP contribution is -2.14. The van der Waals surface area contributed by atoms with Gasteiger partial charge in [-0.2, -0.15) is 0 Å². The van der Waals surface area contributed by atoms with Crippen molar-refractivity contribution in [1.82, 2.24) is 0 Å². The number of hydrogen-bond acceptors (Lipinski definition) is 4. The number of sulfone groups is 1. The third-order valence-corrected chi connectivity index (χ3v) is 6.19. The number of hydrogen-bond donors (Lipinski definition) is 0. The summed E-state index contributed by atoms with van der Waals surface area (Å²) in [5.41, 5.74) is 2.10. The van der Waals surface area contributed by atoms with E-state index in [-0.39, 0.29) is 11.3 Å². The monoisotopic (exact) mass is 342 g/mol. The van der Waals surface area contributed by atoms with Crippen molar-refractivity contribution in [2.24, 2.45) is 0 Å². The standard InChI is InChI=1S/C19H18O4S/c1-14-11-19(24(21,22)16-5-3-2-4-6-16)17-12-15(9-10-20)7-8-18(17)23-13-14/h2-8,10,12,19H,1,9,11,13H2. The van der Waals surface area contributed by atoms with Gasteiger partial charge in [0, 0.05) is 12.0 Å². The normalized spacial score (nSPS) is 17.5. The maximum absolute atomic E-state index is 13.2. The Morgan fingerprint density at radius 3 is 2.62 bits per heavy atom. The zero-order chi connectivity index (χ0) is 17.2. The minimum absolute atomic E-state index is 0.242. The van der Waals surface area contributed by atoms with E-state index in [1.165, 1.54) is 0 Å². The van der Waals surface area contributed by atoms with E-state index >= 15 is 0 Å². The van der Waals surface area contributed by atoms with Crippen LogP contribution in [0.3, 0.4) is 0 Å². The molecule has 0 bridgehead atoms. The molecule has 3 rings (SSSR count). The number of benzene rings is 2. The quantitative estimate of drug-likeness (QED) is 0.632. The zero-order valence-corrected chi connectivity index (χ0v) is 14.0. The van der Waals surface area contributed by atoms with Crippen LogP contribution in [-0.2, 0) is 21.1 Å². The maximum atomic E-state index is 13.2. The summed E-state index contributed by atoms with van der Waals surface area (Å²) in [5, 5.41) is -0.767. The van der Waals surface area contributed by atoms with Gasteiger partial charge in [-0.3, -0.25) is 0 Å². The van der Waals surface area contributed by atoms with Gasteiger partial charge in [0.2, 0.25) is 0 Å². The first-order valence-electron chi connectivity index (χ1n) is 7.67. The molecule has 1 unspecified atom stereocenters. The molecule has 2 aromatic rings. The second-order valence-corrected chi connectivity index (χ2v) is 7.96. The van der Waals surface area contributed by atoms with Gasteiger partial charge in [0.15, 0.2) is 9.84 Å². The van der Waals surface area contributed by atoms with Crippen molar-refractivity contribution in [3.63, 3.8) is 0 Å². The van der Waals surface area contributed by atoms with E-state index in [1.54, 1.807) is 48.5 Å². The molecule has 5 heteroatoms. The van der Waals surface area contributed by atoms with Crippen molar-refractivity contribution in [2.75, 3.05) is 6.61 Å². The third-order valence-electron chi connectivity index (χ3n) is 4.09. The highest BCUT2D eigenvalue weighted by atomic mass is 32.2. The molecule has 124 valence electrons. The summed E-state index contributed by atoms with van der Waals surface area (Å²) in [6, 6.07) is 13.7. The molecule has 0 amide bonds. The van der Waals surface area contributed by atoms with Crippen molar-refractivity contribution < 1.29 is 17.9 Å². The third kappa shape index (κ3) is 3.12. The van der Waals surface area contributed by atoms with Crippen LogP contribution in [0.5, 0.6) is 5.75 Å². The lowest BCUT2D eigenvalue weighted by Gasteiger charge is -2.18. The van der Waals surface area contributed by atoms with Crippen LogP contribution >= 0.6 is 0 Å². The van der Waals surface area contributed by atoms with E-state index in [2.05, 4.69) is 6.58 Å². The molecule has 1 aliphatic heterocycles. The van der Waals surface area contributed by atoms with E-state index in [4.69, 9.17) is 4.74 Å². The van der Waals surface area contributed by atoms with Crippen LogP contribution in [0.1, 0.15) is 22.8 Å². The summed E-state index contributed by atoms with van der Waals surface area (Å²) in [7, 11) is -3.59. The van der Waals surface area contributed by atoms with Gasteiger partial charge in [0.1, 0.15) is 18.6 Å². The molecule has 0 aromatic heterocycles. The van der Waals surface area contributed by atoms with E-state index < -0.39 is 15.1 Å². The molecule has 24 heavy (non-hydrogen) atoms. The van der Waals surface area contributed by atoms with Crippen LogP contribution in [0, 0.1) is 0 Å². The Morgan fingerprint density at radius 2 is 1.92 bits per heavy atom. The number of fused-ring (bicyclic) bond motifs is 1. The second-order valence-electron chi connectivity index (χ2n) is 5.83. The van der Waals surface area contributed by atoms with Gasteiger partial charge in [-0.1, -0.05) is 36.9 Å². The van der Waals surface area contributed by atoms with Crippen LogP contribution < -0.4 is 4.74 Å². The summed E-state index contributed by atoms with van der Waals surface area (Å²) < 4.78 is 32.0. The van der Waals surface area contributed by atoms with Gasteiger partial charge in [-0.05, 0) is 35.8 Å². The summed E-state index contributed by atoms with van der Waals surface area (Å²) >= 11 is 0. The molecule has 0 aliphatic carbocycles. The van der Waals surface area contributed by atoms with Crippen LogP contribution in [0.15, 0.2) is 65.6 Å². The van der Waals surface area contributed by atoms with Crippen molar-refractivity contribution in [3.05, 3.63) is 71.8 Å². The fraction of sp³-hybridized carbons (Fsp3) is 0.211. The predicted octanol–water partition coefficient (Wildman–Crippen LogP) is 3.28. The molecular weight excluding hydrogens is 324 g/mol. The topological polar surface area (TPSA) is 60.4 Å². The summed E-state index contributed by atoms with van der Waals surface area (Å²) in [6.45, 7) is 4.22. The Morgan fingerprint density at radius 1 is 1.17 bits per heavy atom. The molecule has 0 saturated heterocycles.